The molecule has 0 spiro atoms. The molecular formula is C6H11N3OS. The van der Waals surface area contributed by atoms with E-state index < -0.39 is 0 Å². The highest BCUT2D eigenvalue weighted by Gasteiger charge is 2.04. The van der Waals surface area contributed by atoms with Crippen molar-refractivity contribution in [3.63, 3.8) is 0 Å². The van der Waals surface area contributed by atoms with Crippen molar-refractivity contribution < 1.29 is 5.11 Å². The first-order valence-corrected chi connectivity index (χ1v) is 4.13. The van der Waals surface area contributed by atoms with Crippen molar-refractivity contribution in [2.45, 2.75) is 6.92 Å². The summed E-state index contributed by atoms with van der Waals surface area (Å²) in [7, 11) is 1.89. The summed E-state index contributed by atoms with van der Waals surface area (Å²) in [4.78, 5) is 6.03. The van der Waals surface area contributed by atoms with Gasteiger partial charge in [-0.05, 0) is 6.92 Å². The summed E-state index contributed by atoms with van der Waals surface area (Å²) in [5.74, 6) is 0.787. The van der Waals surface area contributed by atoms with Gasteiger partial charge in [0.15, 0.2) is 0 Å². The van der Waals surface area contributed by atoms with E-state index in [1.807, 2.05) is 18.9 Å². The Morgan fingerprint density at radius 1 is 1.64 bits per heavy atom. The van der Waals surface area contributed by atoms with Gasteiger partial charge in [0.2, 0.25) is 5.13 Å². The minimum atomic E-state index is 0.148. The first kappa shape index (κ1) is 8.42. The zero-order chi connectivity index (χ0) is 8.27. The molecule has 1 aromatic rings. The van der Waals surface area contributed by atoms with E-state index in [-0.39, 0.29) is 6.61 Å². The monoisotopic (exact) mass is 173 g/mol. The molecule has 0 aliphatic carbocycles. The summed E-state index contributed by atoms with van der Waals surface area (Å²) in [6.07, 6.45) is 0. The Kier molecular flexibility index (Phi) is 2.78. The Morgan fingerprint density at radius 3 is 2.82 bits per heavy atom. The summed E-state index contributed by atoms with van der Waals surface area (Å²) in [5.41, 5.74) is 0. The minimum Gasteiger partial charge on any atom is -0.395 e. The molecule has 62 valence electrons. The summed E-state index contributed by atoms with van der Waals surface area (Å²) < 4.78 is 4.03. The summed E-state index contributed by atoms with van der Waals surface area (Å²) >= 11 is 1.35. The average molecular weight is 173 g/mol. The number of anilines is 1. The van der Waals surface area contributed by atoms with Gasteiger partial charge >= 0.3 is 0 Å². The maximum Gasteiger partial charge on any atom is 0.205 e. The lowest BCUT2D eigenvalue weighted by Gasteiger charge is -2.11. The highest BCUT2D eigenvalue weighted by atomic mass is 32.1. The number of aliphatic hydroxyl groups is 1. The van der Waals surface area contributed by atoms with Crippen LogP contribution in [0.1, 0.15) is 5.82 Å². The third-order valence-corrected chi connectivity index (χ3v) is 2.20. The summed E-state index contributed by atoms with van der Waals surface area (Å²) in [6, 6.07) is 0. The zero-order valence-corrected chi connectivity index (χ0v) is 7.43. The van der Waals surface area contributed by atoms with Gasteiger partial charge in [0.1, 0.15) is 5.82 Å². The van der Waals surface area contributed by atoms with Gasteiger partial charge in [0.05, 0.1) is 6.61 Å². The van der Waals surface area contributed by atoms with Gasteiger partial charge in [-0.2, -0.15) is 4.37 Å². The van der Waals surface area contributed by atoms with Crippen molar-refractivity contribution in [3.05, 3.63) is 5.82 Å². The number of hydrogen-bond donors (Lipinski definition) is 1. The van der Waals surface area contributed by atoms with Gasteiger partial charge in [0, 0.05) is 25.1 Å². The first-order chi connectivity index (χ1) is 5.24. The van der Waals surface area contributed by atoms with E-state index in [4.69, 9.17) is 5.11 Å². The van der Waals surface area contributed by atoms with Gasteiger partial charge in [-0.3, -0.25) is 0 Å². The molecule has 0 saturated carbocycles. The average Bonchev–Trinajstić information content (AvgIpc) is 2.36. The molecule has 1 heterocycles. The fourth-order valence-electron chi connectivity index (χ4n) is 0.687. The third-order valence-electron chi connectivity index (χ3n) is 1.28. The highest BCUT2D eigenvalue weighted by molar-refractivity contribution is 7.09. The first-order valence-electron chi connectivity index (χ1n) is 3.36. The van der Waals surface area contributed by atoms with Crippen LogP contribution in [0.15, 0.2) is 0 Å². The molecule has 0 atom stereocenters. The van der Waals surface area contributed by atoms with E-state index in [0.29, 0.717) is 6.54 Å². The molecule has 4 nitrogen and oxygen atoms in total. The van der Waals surface area contributed by atoms with Crippen LogP contribution >= 0.6 is 11.5 Å². The van der Waals surface area contributed by atoms with Crippen molar-refractivity contribution >= 4 is 16.7 Å². The SMILES string of the molecule is Cc1nsc(N(C)CCO)n1. The zero-order valence-electron chi connectivity index (χ0n) is 6.61. The predicted octanol–water partition coefficient (Wildman–Crippen LogP) is 0.275. The lowest BCUT2D eigenvalue weighted by atomic mass is 10.6. The third kappa shape index (κ3) is 2.13. The van der Waals surface area contributed by atoms with E-state index in [2.05, 4.69) is 9.36 Å². The number of nitrogens with zero attached hydrogens (tertiary/aromatic N) is 3. The molecule has 0 fully saturated rings. The fraction of sp³-hybridized carbons (Fsp3) is 0.667. The smallest absolute Gasteiger partial charge is 0.205 e. The second kappa shape index (κ2) is 3.64. The van der Waals surface area contributed by atoms with Crippen LogP contribution in [0.3, 0.4) is 0 Å². The molecule has 0 unspecified atom stereocenters. The van der Waals surface area contributed by atoms with E-state index in [0.717, 1.165) is 11.0 Å². The molecule has 0 aromatic carbocycles. The lowest BCUT2D eigenvalue weighted by molar-refractivity contribution is 0.304. The maximum absolute atomic E-state index is 8.62. The molecule has 0 aliphatic heterocycles. The van der Waals surface area contributed by atoms with Gasteiger partial charge in [-0.1, -0.05) is 0 Å². The standard InChI is InChI=1S/C6H11N3OS/c1-5-7-6(11-8-5)9(2)3-4-10/h10H,3-4H2,1-2H3. The van der Waals surface area contributed by atoms with E-state index in [9.17, 15) is 0 Å². The normalized spacial score (nSPS) is 10.1. The largest absolute Gasteiger partial charge is 0.395 e. The Bertz CT molecular complexity index is 225. The molecule has 0 radical (unpaired) electrons. The molecule has 0 saturated heterocycles. The minimum absolute atomic E-state index is 0.148. The number of aromatic nitrogens is 2. The molecule has 1 aromatic heterocycles. The Morgan fingerprint density at radius 2 is 2.36 bits per heavy atom. The number of likely N-dealkylation sites (N-methyl/N-ethyl adjacent to an activating group) is 1. The van der Waals surface area contributed by atoms with Crippen molar-refractivity contribution in [1.29, 1.82) is 0 Å². The van der Waals surface area contributed by atoms with Crippen LogP contribution in [-0.4, -0.2) is 34.7 Å². The second-order valence-corrected chi connectivity index (χ2v) is 3.00. The Balaban J connectivity index is 2.60. The second-order valence-electron chi connectivity index (χ2n) is 2.27. The van der Waals surface area contributed by atoms with Crippen LogP contribution in [0.25, 0.3) is 0 Å². The van der Waals surface area contributed by atoms with Crippen molar-refractivity contribution in [3.8, 4) is 0 Å². The molecule has 5 heteroatoms. The van der Waals surface area contributed by atoms with Crippen molar-refractivity contribution in [2.75, 3.05) is 25.1 Å². The van der Waals surface area contributed by atoms with Crippen LogP contribution in [0, 0.1) is 6.92 Å². The molecule has 11 heavy (non-hydrogen) atoms. The molecule has 0 aliphatic rings. The van der Waals surface area contributed by atoms with Gasteiger partial charge < -0.3 is 10.0 Å². The van der Waals surface area contributed by atoms with Crippen LogP contribution < -0.4 is 4.90 Å². The van der Waals surface area contributed by atoms with Crippen LogP contribution in [0.5, 0.6) is 0 Å². The number of hydrogen-bond acceptors (Lipinski definition) is 5. The van der Waals surface area contributed by atoms with E-state index in [1.165, 1.54) is 11.5 Å². The molecule has 0 amide bonds. The van der Waals surface area contributed by atoms with Crippen LogP contribution in [0.4, 0.5) is 5.13 Å². The maximum atomic E-state index is 8.62. The predicted molar refractivity (Wildman–Crippen MR) is 45.0 cm³/mol. The van der Waals surface area contributed by atoms with Crippen molar-refractivity contribution in [1.82, 2.24) is 9.36 Å². The Hall–Kier alpha value is -0.680. The van der Waals surface area contributed by atoms with Crippen LogP contribution in [0.2, 0.25) is 0 Å². The van der Waals surface area contributed by atoms with Gasteiger partial charge in [-0.25, -0.2) is 4.98 Å². The summed E-state index contributed by atoms with van der Waals surface area (Å²) in [5, 5.41) is 9.48. The topological polar surface area (TPSA) is 49.2 Å². The van der Waals surface area contributed by atoms with E-state index in [1.54, 1.807) is 0 Å². The molecular weight excluding hydrogens is 162 g/mol. The fourth-order valence-corrected chi connectivity index (χ4v) is 1.35. The molecule has 1 rings (SSSR count). The van der Waals surface area contributed by atoms with Crippen LogP contribution in [-0.2, 0) is 0 Å². The van der Waals surface area contributed by atoms with Crippen molar-refractivity contribution in [2.24, 2.45) is 0 Å². The van der Waals surface area contributed by atoms with Gasteiger partial charge in [-0.15, -0.1) is 0 Å². The summed E-state index contributed by atoms with van der Waals surface area (Å²) in [6.45, 7) is 2.61. The Labute approximate surface area is 69.7 Å². The van der Waals surface area contributed by atoms with E-state index >= 15 is 0 Å². The highest BCUT2D eigenvalue weighted by Crippen LogP contribution is 2.13. The lowest BCUT2D eigenvalue weighted by Crippen LogP contribution is -2.20. The number of rotatable bonds is 3. The number of aliphatic hydroxyl groups excluding tert-OH is 1. The quantitative estimate of drug-likeness (QED) is 0.713. The molecule has 0 bridgehead atoms. The van der Waals surface area contributed by atoms with Gasteiger partial charge in [0.25, 0.3) is 0 Å². The number of aryl methyl sites for hydroxylation is 1. The molecule has 1 N–H and O–H groups in total.